The molecule has 1 aromatic carbocycles. The van der Waals surface area contributed by atoms with Crippen LogP contribution in [0.1, 0.15) is 13.8 Å². The van der Waals surface area contributed by atoms with Crippen LogP contribution < -0.4 is 5.01 Å². The number of carbonyl (C=O) groups is 2. The van der Waals surface area contributed by atoms with Gasteiger partial charge in [-0.05, 0) is 31.2 Å². The Morgan fingerprint density at radius 3 is 2.64 bits per heavy atom. The van der Waals surface area contributed by atoms with Crippen molar-refractivity contribution in [3.05, 3.63) is 24.3 Å². The standard InChI is InChI=1S/C15H15N3O4/c1-3-22-15(21)13-9(2)12(8-16)14(20)18(17-13)10-4-6-11(19)7-5-10/h4-7,9,12,19H,3H2,1-2H3. The lowest BCUT2D eigenvalue weighted by atomic mass is 9.88. The summed E-state index contributed by atoms with van der Waals surface area (Å²) in [5.74, 6) is -2.80. The lowest BCUT2D eigenvalue weighted by Gasteiger charge is -2.29. The Kier molecular flexibility index (Phi) is 4.41. The van der Waals surface area contributed by atoms with E-state index in [9.17, 15) is 20.0 Å². The molecule has 7 heteroatoms. The Morgan fingerprint density at radius 2 is 2.09 bits per heavy atom. The third-order valence-corrected chi connectivity index (χ3v) is 3.33. The molecule has 1 aliphatic rings. The first-order valence-corrected chi connectivity index (χ1v) is 6.77. The zero-order valence-electron chi connectivity index (χ0n) is 12.2. The molecular formula is C15H15N3O4. The Balaban J connectivity index is 2.47. The molecule has 114 valence electrons. The number of hydrazone groups is 1. The predicted octanol–water partition coefficient (Wildman–Crippen LogP) is 1.43. The van der Waals surface area contributed by atoms with Crippen LogP contribution in [0.2, 0.25) is 0 Å². The van der Waals surface area contributed by atoms with Crippen LogP contribution in [0.25, 0.3) is 0 Å². The zero-order valence-corrected chi connectivity index (χ0v) is 12.2. The van der Waals surface area contributed by atoms with Crippen LogP contribution in [0, 0.1) is 23.2 Å². The number of hydrogen-bond acceptors (Lipinski definition) is 6. The number of benzene rings is 1. The quantitative estimate of drug-likeness (QED) is 0.851. The highest BCUT2D eigenvalue weighted by molar-refractivity contribution is 6.39. The molecular weight excluding hydrogens is 286 g/mol. The molecule has 1 heterocycles. The number of hydrogen-bond donors (Lipinski definition) is 1. The molecule has 0 saturated heterocycles. The summed E-state index contributed by atoms with van der Waals surface area (Å²) in [5.41, 5.74) is 0.387. The van der Waals surface area contributed by atoms with E-state index in [1.165, 1.54) is 24.3 Å². The first-order valence-electron chi connectivity index (χ1n) is 6.77. The molecule has 7 nitrogen and oxygen atoms in total. The summed E-state index contributed by atoms with van der Waals surface area (Å²) in [6.45, 7) is 3.43. The second kappa shape index (κ2) is 6.26. The monoisotopic (exact) mass is 301 g/mol. The topological polar surface area (TPSA) is 103 Å². The largest absolute Gasteiger partial charge is 0.508 e. The van der Waals surface area contributed by atoms with Crippen LogP contribution in [0.4, 0.5) is 5.69 Å². The maximum atomic E-state index is 12.4. The van der Waals surface area contributed by atoms with E-state index in [4.69, 9.17) is 4.74 Å². The maximum Gasteiger partial charge on any atom is 0.354 e. The van der Waals surface area contributed by atoms with Crippen LogP contribution in [0.3, 0.4) is 0 Å². The van der Waals surface area contributed by atoms with Crippen LogP contribution in [0.15, 0.2) is 29.4 Å². The van der Waals surface area contributed by atoms with Crippen molar-refractivity contribution in [3.63, 3.8) is 0 Å². The third kappa shape index (κ3) is 2.76. The van der Waals surface area contributed by atoms with Gasteiger partial charge in [-0.25, -0.2) is 4.79 Å². The molecule has 1 aromatic rings. The minimum atomic E-state index is -1.02. The van der Waals surface area contributed by atoms with Crippen LogP contribution in [0.5, 0.6) is 5.75 Å². The summed E-state index contributed by atoms with van der Waals surface area (Å²) in [5, 5.41) is 23.6. The lowest BCUT2D eigenvalue weighted by molar-refractivity contribution is -0.135. The number of anilines is 1. The third-order valence-electron chi connectivity index (χ3n) is 3.33. The summed E-state index contributed by atoms with van der Waals surface area (Å²) in [4.78, 5) is 24.3. The van der Waals surface area contributed by atoms with Crippen LogP contribution >= 0.6 is 0 Å². The van der Waals surface area contributed by atoms with E-state index in [0.29, 0.717) is 5.69 Å². The van der Waals surface area contributed by atoms with Gasteiger partial charge in [-0.1, -0.05) is 6.92 Å². The molecule has 2 rings (SSSR count). The molecule has 22 heavy (non-hydrogen) atoms. The number of phenols is 1. The molecule has 2 unspecified atom stereocenters. The number of aromatic hydroxyl groups is 1. The molecule has 0 saturated carbocycles. The number of nitrogens with zero attached hydrogens (tertiary/aromatic N) is 3. The van der Waals surface area contributed by atoms with Gasteiger partial charge in [0, 0.05) is 5.92 Å². The summed E-state index contributed by atoms with van der Waals surface area (Å²) in [7, 11) is 0. The summed E-state index contributed by atoms with van der Waals surface area (Å²) in [6.07, 6.45) is 0. The highest BCUT2D eigenvalue weighted by Crippen LogP contribution is 2.28. The smallest absolute Gasteiger partial charge is 0.354 e. The van der Waals surface area contributed by atoms with Gasteiger partial charge in [-0.15, -0.1) is 0 Å². The summed E-state index contributed by atoms with van der Waals surface area (Å²) >= 11 is 0. The first kappa shape index (κ1) is 15.5. The van der Waals surface area contributed by atoms with Gasteiger partial charge in [-0.3, -0.25) is 4.79 Å². The van der Waals surface area contributed by atoms with Crippen molar-refractivity contribution in [2.24, 2.45) is 16.9 Å². The van der Waals surface area contributed by atoms with E-state index in [-0.39, 0.29) is 18.1 Å². The molecule has 1 aliphatic heterocycles. The molecule has 0 bridgehead atoms. The number of esters is 1. The van der Waals surface area contributed by atoms with Gasteiger partial charge >= 0.3 is 5.97 Å². The van der Waals surface area contributed by atoms with Gasteiger partial charge in [-0.2, -0.15) is 15.4 Å². The van der Waals surface area contributed by atoms with Gasteiger partial charge in [0.2, 0.25) is 0 Å². The van der Waals surface area contributed by atoms with E-state index in [0.717, 1.165) is 5.01 Å². The van der Waals surface area contributed by atoms with E-state index < -0.39 is 23.7 Å². The number of phenolic OH excluding ortho intramolecular Hbond substituents is 1. The van der Waals surface area contributed by atoms with Gasteiger partial charge in [0.05, 0.1) is 18.4 Å². The predicted molar refractivity (Wildman–Crippen MR) is 77.9 cm³/mol. The highest BCUT2D eigenvalue weighted by Gasteiger charge is 2.41. The Hall–Kier alpha value is -2.88. The van der Waals surface area contributed by atoms with Crippen molar-refractivity contribution in [3.8, 4) is 11.8 Å². The normalized spacial score (nSPS) is 21.0. The molecule has 1 N–H and O–H groups in total. The molecule has 2 atom stereocenters. The number of ether oxygens (including phenoxy) is 1. The van der Waals surface area contributed by atoms with Crippen LogP contribution in [-0.2, 0) is 14.3 Å². The minimum Gasteiger partial charge on any atom is -0.508 e. The van der Waals surface area contributed by atoms with E-state index in [1.807, 2.05) is 6.07 Å². The van der Waals surface area contributed by atoms with E-state index >= 15 is 0 Å². The van der Waals surface area contributed by atoms with E-state index in [1.54, 1.807) is 13.8 Å². The maximum absolute atomic E-state index is 12.4. The van der Waals surface area contributed by atoms with Crippen molar-refractivity contribution < 1.29 is 19.4 Å². The Bertz CT molecular complexity index is 660. The van der Waals surface area contributed by atoms with Crippen LogP contribution in [-0.4, -0.2) is 29.3 Å². The fraction of sp³-hybridized carbons (Fsp3) is 0.333. The number of nitriles is 1. The molecule has 0 aromatic heterocycles. The molecule has 0 fully saturated rings. The van der Waals surface area contributed by atoms with Gasteiger partial charge in [0.1, 0.15) is 11.7 Å². The minimum absolute atomic E-state index is 0.0288. The second-order valence-electron chi connectivity index (χ2n) is 4.77. The fourth-order valence-electron chi connectivity index (χ4n) is 2.13. The van der Waals surface area contributed by atoms with Crippen molar-refractivity contribution >= 4 is 23.3 Å². The summed E-state index contributed by atoms with van der Waals surface area (Å²) < 4.78 is 4.93. The molecule has 1 amide bonds. The molecule has 0 spiro atoms. The highest BCUT2D eigenvalue weighted by atomic mass is 16.5. The first-order chi connectivity index (χ1) is 10.5. The van der Waals surface area contributed by atoms with Crippen molar-refractivity contribution in [2.45, 2.75) is 13.8 Å². The Morgan fingerprint density at radius 1 is 1.45 bits per heavy atom. The number of rotatable bonds is 3. The van der Waals surface area contributed by atoms with Crippen molar-refractivity contribution in [1.29, 1.82) is 5.26 Å². The number of amides is 1. The second-order valence-corrected chi connectivity index (χ2v) is 4.77. The van der Waals surface area contributed by atoms with Gasteiger partial charge < -0.3 is 9.84 Å². The van der Waals surface area contributed by atoms with Gasteiger partial charge in [0.15, 0.2) is 5.71 Å². The Labute approximate surface area is 127 Å². The zero-order chi connectivity index (χ0) is 16.3. The average molecular weight is 301 g/mol. The lowest BCUT2D eigenvalue weighted by Crippen LogP contribution is -2.46. The molecule has 0 aliphatic carbocycles. The SMILES string of the molecule is CCOC(=O)C1=NN(c2ccc(O)cc2)C(=O)C(C#N)C1C. The average Bonchev–Trinajstić information content (AvgIpc) is 2.49. The van der Waals surface area contributed by atoms with E-state index in [2.05, 4.69) is 5.10 Å². The summed E-state index contributed by atoms with van der Waals surface area (Å²) in [6, 6.07) is 7.65. The van der Waals surface area contributed by atoms with Crippen molar-refractivity contribution in [1.82, 2.24) is 0 Å². The van der Waals surface area contributed by atoms with Crippen molar-refractivity contribution in [2.75, 3.05) is 11.6 Å². The number of carbonyl (C=O) groups excluding carboxylic acids is 2. The molecule has 0 radical (unpaired) electrons. The fourth-order valence-corrected chi connectivity index (χ4v) is 2.13. The van der Waals surface area contributed by atoms with Gasteiger partial charge in [0.25, 0.3) is 5.91 Å².